The second-order valence-electron chi connectivity index (χ2n) is 5.35. The largest absolute Gasteiger partial charge is 0.394 e. The molecule has 2 rings (SSSR count). The standard InChI is InChI=1S/C18H18F2O4Si/c1-4-25(23-2,24-3)18-14(10-13(19)11-15(18)20)17(22)16(21)12-8-6-5-7-9-12/h5-11H,4H2,1-3H3. The van der Waals surface area contributed by atoms with Gasteiger partial charge in [-0.3, -0.25) is 9.59 Å². The van der Waals surface area contributed by atoms with Gasteiger partial charge in [-0.15, -0.1) is 0 Å². The van der Waals surface area contributed by atoms with E-state index in [2.05, 4.69) is 0 Å². The van der Waals surface area contributed by atoms with Crippen molar-refractivity contribution < 1.29 is 27.2 Å². The van der Waals surface area contributed by atoms with Crippen LogP contribution in [0.15, 0.2) is 42.5 Å². The molecule has 0 atom stereocenters. The molecule has 0 aliphatic carbocycles. The van der Waals surface area contributed by atoms with Gasteiger partial charge in [-0.05, 0) is 12.1 Å². The van der Waals surface area contributed by atoms with E-state index in [4.69, 9.17) is 8.85 Å². The van der Waals surface area contributed by atoms with Crippen LogP contribution in [0.2, 0.25) is 6.04 Å². The van der Waals surface area contributed by atoms with Crippen molar-refractivity contribution in [1.29, 1.82) is 0 Å². The zero-order chi connectivity index (χ0) is 18.6. The maximum atomic E-state index is 14.6. The molecule has 0 unspecified atom stereocenters. The highest BCUT2D eigenvalue weighted by atomic mass is 28.4. The molecule has 0 saturated carbocycles. The monoisotopic (exact) mass is 364 g/mol. The van der Waals surface area contributed by atoms with Crippen LogP contribution in [0, 0.1) is 11.6 Å². The summed E-state index contributed by atoms with van der Waals surface area (Å²) < 4.78 is 39.1. The van der Waals surface area contributed by atoms with Crippen molar-refractivity contribution in [2.45, 2.75) is 13.0 Å². The van der Waals surface area contributed by atoms with Crippen LogP contribution in [0.1, 0.15) is 27.6 Å². The van der Waals surface area contributed by atoms with Gasteiger partial charge in [0.2, 0.25) is 11.6 Å². The first-order chi connectivity index (χ1) is 11.9. The lowest BCUT2D eigenvalue weighted by atomic mass is 10.0. The van der Waals surface area contributed by atoms with Gasteiger partial charge >= 0.3 is 8.56 Å². The number of carbonyl (C=O) groups is 2. The quantitative estimate of drug-likeness (QED) is 0.431. The molecule has 0 aromatic heterocycles. The fourth-order valence-corrected chi connectivity index (χ4v) is 5.27. The number of carbonyl (C=O) groups excluding carboxylic acids is 2. The summed E-state index contributed by atoms with van der Waals surface area (Å²) in [7, 11) is -0.645. The van der Waals surface area contributed by atoms with Crippen molar-refractivity contribution in [1.82, 2.24) is 0 Å². The number of Topliss-reactive ketones (excluding diaryl/α,β-unsaturated/α-hetero) is 2. The zero-order valence-electron chi connectivity index (χ0n) is 14.1. The summed E-state index contributed by atoms with van der Waals surface area (Å²) in [4.78, 5) is 25.1. The van der Waals surface area contributed by atoms with E-state index >= 15 is 0 Å². The number of hydrogen-bond acceptors (Lipinski definition) is 4. The van der Waals surface area contributed by atoms with E-state index in [9.17, 15) is 18.4 Å². The van der Waals surface area contributed by atoms with E-state index in [0.717, 1.165) is 6.07 Å². The fourth-order valence-electron chi connectivity index (χ4n) is 2.74. The topological polar surface area (TPSA) is 52.6 Å². The molecule has 0 amide bonds. The summed E-state index contributed by atoms with van der Waals surface area (Å²) in [6.07, 6.45) is 0. The number of hydrogen-bond donors (Lipinski definition) is 0. The van der Waals surface area contributed by atoms with Gasteiger partial charge in [0, 0.05) is 36.6 Å². The maximum absolute atomic E-state index is 14.6. The van der Waals surface area contributed by atoms with Gasteiger partial charge in [0.1, 0.15) is 11.6 Å². The molecule has 0 aliphatic rings. The SMILES string of the molecule is CC[Si](OC)(OC)c1c(F)cc(F)cc1C(=O)C(=O)c1ccccc1. The highest BCUT2D eigenvalue weighted by molar-refractivity contribution is 6.82. The molecule has 2 aromatic rings. The number of rotatable bonds is 7. The van der Waals surface area contributed by atoms with Gasteiger partial charge < -0.3 is 8.85 Å². The van der Waals surface area contributed by atoms with Crippen molar-refractivity contribution in [2.24, 2.45) is 0 Å². The van der Waals surface area contributed by atoms with E-state index in [-0.39, 0.29) is 22.4 Å². The summed E-state index contributed by atoms with van der Waals surface area (Å²) in [5.74, 6) is -3.75. The molecule has 132 valence electrons. The van der Waals surface area contributed by atoms with Crippen molar-refractivity contribution in [3.8, 4) is 0 Å². The van der Waals surface area contributed by atoms with Crippen LogP contribution in [-0.2, 0) is 8.85 Å². The third-order valence-corrected chi connectivity index (χ3v) is 7.57. The summed E-state index contributed by atoms with van der Waals surface area (Å²) in [6, 6.07) is 9.62. The first-order valence-electron chi connectivity index (χ1n) is 7.64. The first-order valence-corrected chi connectivity index (χ1v) is 9.66. The average molecular weight is 364 g/mol. The Kier molecular flexibility index (Phi) is 5.94. The lowest BCUT2D eigenvalue weighted by Gasteiger charge is -2.28. The van der Waals surface area contributed by atoms with Crippen molar-refractivity contribution >= 4 is 25.3 Å². The molecule has 0 radical (unpaired) electrons. The van der Waals surface area contributed by atoms with E-state index in [1.54, 1.807) is 25.1 Å². The third-order valence-electron chi connectivity index (χ3n) is 4.05. The Morgan fingerprint density at radius 2 is 1.60 bits per heavy atom. The van der Waals surface area contributed by atoms with Gasteiger partial charge in [-0.1, -0.05) is 37.3 Å². The van der Waals surface area contributed by atoms with E-state index < -0.39 is 31.8 Å². The zero-order valence-corrected chi connectivity index (χ0v) is 15.1. The lowest BCUT2D eigenvalue weighted by Crippen LogP contribution is -2.55. The van der Waals surface area contributed by atoms with Crippen LogP contribution in [-0.4, -0.2) is 34.3 Å². The highest BCUT2D eigenvalue weighted by Gasteiger charge is 2.43. The van der Waals surface area contributed by atoms with Gasteiger partial charge in [-0.25, -0.2) is 8.78 Å². The van der Waals surface area contributed by atoms with E-state index in [1.807, 2.05) is 0 Å². The second kappa shape index (κ2) is 7.77. The van der Waals surface area contributed by atoms with Crippen LogP contribution in [0.25, 0.3) is 0 Å². The number of benzene rings is 2. The molecule has 0 N–H and O–H groups in total. The molecular formula is C18H18F2O4Si. The summed E-state index contributed by atoms with van der Waals surface area (Å²) >= 11 is 0. The van der Waals surface area contributed by atoms with Crippen molar-refractivity contribution in [3.05, 3.63) is 65.2 Å². The Morgan fingerprint density at radius 3 is 2.12 bits per heavy atom. The average Bonchev–Trinajstić information content (AvgIpc) is 2.64. The van der Waals surface area contributed by atoms with Crippen LogP contribution < -0.4 is 5.19 Å². The smallest absolute Gasteiger partial charge is 0.375 e. The lowest BCUT2D eigenvalue weighted by molar-refractivity contribution is 0.0817. The van der Waals surface area contributed by atoms with Gasteiger partial charge in [0.25, 0.3) is 0 Å². The molecule has 25 heavy (non-hydrogen) atoms. The Balaban J connectivity index is 2.65. The number of ketones is 2. The molecule has 4 nitrogen and oxygen atoms in total. The summed E-state index contributed by atoms with van der Waals surface area (Å²) in [5, 5.41) is -0.157. The second-order valence-corrected chi connectivity index (χ2v) is 8.88. The first kappa shape index (κ1) is 19.1. The predicted molar refractivity (Wildman–Crippen MR) is 91.3 cm³/mol. The Bertz CT molecular complexity index is 781. The van der Waals surface area contributed by atoms with Crippen LogP contribution in [0.4, 0.5) is 8.78 Å². The van der Waals surface area contributed by atoms with Crippen LogP contribution in [0.3, 0.4) is 0 Å². The van der Waals surface area contributed by atoms with Crippen molar-refractivity contribution in [2.75, 3.05) is 14.2 Å². The molecule has 0 spiro atoms. The molecule has 0 fully saturated rings. The molecule has 0 bridgehead atoms. The summed E-state index contributed by atoms with van der Waals surface area (Å²) in [5.41, 5.74) is -0.217. The predicted octanol–water partition coefficient (Wildman–Crippen LogP) is 2.99. The highest BCUT2D eigenvalue weighted by Crippen LogP contribution is 2.19. The Hall–Kier alpha value is -2.22. The molecular weight excluding hydrogens is 346 g/mol. The molecule has 7 heteroatoms. The minimum Gasteiger partial charge on any atom is -0.394 e. The minimum absolute atomic E-state index is 0.140. The van der Waals surface area contributed by atoms with Gasteiger partial charge in [-0.2, -0.15) is 0 Å². The molecule has 0 aliphatic heterocycles. The Labute approximate surface area is 145 Å². The summed E-state index contributed by atoms with van der Waals surface area (Å²) in [6.45, 7) is 1.72. The minimum atomic E-state index is -3.33. The van der Waals surface area contributed by atoms with E-state index in [1.165, 1.54) is 26.4 Å². The molecule has 0 heterocycles. The fraction of sp³-hybridized carbons (Fsp3) is 0.222. The molecule has 0 saturated heterocycles. The van der Waals surface area contributed by atoms with Gasteiger partial charge in [0.15, 0.2) is 0 Å². The van der Waals surface area contributed by atoms with Gasteiger partial charge in [0.05, 0.1) is 0 Å². The van der Waals surface area contributed by atoms with E-state index in [0.29, 0.717) is 6.07 Å². The Morgan fingerprint density at radius 1 is 1.00 bits per heavy atom. The normalized spacial score (nSPS) is 11.4. The van der Waals surface area contributed by atoms with Crippen LogP contribution in [0.5, 0.6) is 0 Å². The van der Waals surface area contributed by atoms with Crippen LogP contribution >= 0.6 is 0 Å². The third kappa shape index (κ3) is 3.58. The maximum Gasteiger partial charge on any atom is 0.375 e. The molecule has 2 aromatic carbocycles. The van der Waals surface area contributed by atoms with Crippen molar-refractivity contribution in [3.63, 3.8) is 0 Å². The number of halogens is 2.